The van der Waals surface area contributed by atoms with Gasteiger partial charge in [-0.05, 0) is 24.1 Å². The fourth-order valence-electron chi connectivity index (χ4n) is 1.61. The van der Waals surface area contributed by atoms with Crippen molar-refractivity contribution in [2.75, 3.05) is 7.11 Å². The quantitative estimate of drug-likeness (QED) is 0.768. The predicted molar refractivity (Wildman–Crippen MR) is 75.4 cm³/mol. The van der Waals surface area contributed by atoms with E-state index in [4.69, 9.17) is 22.7 Å². The summed E-state index contributed by atoms with van der Waals surface area (Å²) in [4.78, 5) is 12.1. The summed E-state index contributed by atoms with van der Waals surface area (Å²) in [5.41, 5.74) is 6.49. The molecule has 1 atom stereocenters. The van der Waals surface area contributed by atoms with Crippen LogP contribution >= 0.6 is 12.2 Å². The Balaban J connectivity index is 2.59. The number of amides is 1. The Morgan fingerprint density at radius 1 is 1.56 bits per heavy atom. The molecule has 0 bridgehead atoms. The van der Waals surface area contributed by atoms with Crippen molar-refractivity contribution < 1.29 is 9.53 Å². The molecule has 0 heterocycles. The summed E-state index contributed by atoms with van der Waals surface area (Å²) in [5, 5.41) is 2.82. The van der Waals surface area contributed by atoms with Crippen LogP contribution in [0.4, 0.5) is 0 Å². The van der Waals surface area contributed by atoms with Gasteiger partial charge in [-0.1, -0.05) is 31.3 Å². The predicted octanol–water partition coefficient (Wildman–Crippen LogP) is 1.62. The van der Waals surface area contributed by atoms with E-state index in [0.717, 1.165) is 11.3 Å². The van der Waals surface area contributed by atoms with Crippen LogP contribution in [-0.2, 0) is 11.3 Å². The number of carbonyl (C=O) groups is 1. The SMILES string of the molecule is CCC(C(=O)NCc1cccc(OC)c1)C(N)=S. The average Bonchev–Trinajstić information content (AvgIpc) is 2.37. The third kappa shape index (κ3) is 4.00. The van der Waals surface area contributed by atoms with Gasteiger partial charge in [0.1, 0.15) is 5.75 Å². The minimum absolute atomic E-state index is 0.132. The maximum absolute atomic E-state index is 11.8. The van der Waals surface area contributed by atoms with Gasteiger partial charge in [0.05, 0.1) is 18.0 Å². The summed E-state index contributed by atoms with van der Waals surface area (Å²) in [6.07, 6.45) is 0.610. The van der Waals surface area contributed by atoms with Crippen molar-refractivity contribution in [3.63, 3.8) is 0 Å². The standard InChI is InChI=1S/C13H18N2O2S/c1-3-11(12(14)18)13(16)15-8-9-5-4-6-10(7-9)17-2/h4-7,11H,3,8H2,1-2H3,(H2,14,18)(H,15,16). The van der Waals surface area contributed by atoms with Gasteiger partial charge < -0.3 is 15.8 Å². The van der Waals surface area contributed by atoms with Gasteiger partial charge in [-0.15, -0.1) is 0 Å². The molecule has 0 aliphatic heterocycles. The Morgan fingerprint density at radius 2 is 2.28 bits per heavy atom. The first-order chi connectivity index (χ1) is 8.58. The first-order valence-corrected chi connectivity index (χ1v) is 6.19. The first kappa shape index (κ1) is 14.4. The van der Waals surface area contributed by atoms with Crippen molar-refractivity contribution in [2.24, 2.45) is 11.7 Å². The number of nitrogens with two attached hydrogens (primary N) is 1. The lowest BCUT2D eigenvalue weighted by Gasteiger charge is -2.13. The van der Waals surface area contributed by atoms with E-state index in [1.807, 2.05) is 31.2 Å². The van der Waals surface area contributed by atoms with E-state index < -0.39 is 5.92 Å². The Labute approximate surface area is 113 Å². The molecule has 3 N–H and O–H groups in total. The third-order valence-electron chi connectivity index (χ3n) is 2.67. The molecular formula is C13H18N2O2S. The molecule has 4 nitrogen and oxygen atoms in total. The van der Waals surface area contributed by atoms with Crippen molar-refractivity contribution in [1.29, 1.82) is 0 Å². The Kier molecular flexibility index (Phi) is 5.58. The molecule has 0 fully saturated rings. The molecule has 0 aliphatic carbocycles. The van der Waals surface area contributed by atoms with Crippen LogP contribution in [0.1, 0.15) is 18.9 Å². The largest absolute Gasteiger partial charge is 0.497 e. The second kappa shape index (κ2) is 6.96. The summed E-state index contributed by atoms with van der Waals surface area (Å²) in [5.74, 6) is 0.238. The van der Waals surface area contributed by atoms with Crippen molar-refractivity contribution in [3.05, 3.63) is 29.8 Å². The molecule has 0 spiro atoms. The zero-order valence-electron chi connectivity index (χ0n) is 10.6. The van der Waals surface area contributed by atoms with Crippen LogP contribution in [0.15, 0.2) is 24.3 Å². The Hall–Kier alpha value is -1.62. The van der Waals surface area contributed by atoms with Gasteiger partial charge in [-0.2, -0.15) is 0 Å². The molecule has 0 saturated carbocycles. The van der Waals surface area contributed by atoms with Gasteiger partial charge in [0.15, 0.2) is 0 Å². The van der Waals surface area contributed by atoms with Gasteiger partial charge in [0.2, 0.25) is 5.91 Å². The summed E-state index contributed by atoms with van der Waals surface area (Å²) >= 11 is 4.86. The van der Waals surface area contributed by atoms with Crippen LogP contribution in [-0.4, -0.2) is 18.0 Å². The number of rotatable bonds is 6. The van der Waals surface area contributed by atoms with E-state index in [1.165, 1.54) is 0 Å². The second-order valence-electron chi connectivity index (χ2n) is 3.93. The van der Waals surface area contributed by atoms with E-state index in [-0.39, 0.29) is 10.9 Å². The number of thiocarbonyl (C=S) groups is 1. The second-order valence-corrected chi connectivity index (χ2v) is 4.40. The monoisotopic (exact) mass is 266 g/mol. The molecule has 0 aliphatic rings. The average molecular weight is 266 g/mol. The van der Waals surface area contributed by atoms with Crippen LogP contribution in [0.5, 0.6) is 5.75 Å². The first-order valence-electron chi connectivity index (χ1n) is 5.78. The maximum atomic E-state index is 11.8. The van der Waals surface area contributed by atoms with Crippen molar-refractivity contribution >= 4 is 23.1 Å². The number of ether oxygens (including phenoxy) is 1. The highest BCUT2D eigenvalue weighted by Crippen LogP contribution is 2.12. The van der Waals surface area contributed by atoms with Gasteiger partial charge in [0, 0.05) is 6.54 Å². The van der Waals surface area contributed by atoms with E-state index >= 15 is 0 Å². The van der Waals surface area contributed by atoms with Crippen molar-refractivity contribution in [2.45, 2.75) is 19.9 Å². The van der Waals surface area contributed by atoms with Crippen LogP contribution < -0.4 is 15.8 Å². The van der Waals surface area contributed by atoms with Gasteiger partial charge in [0.25, 0.3) is 0 Å². The maximum Gasteiger partial charge on any atom is 0.230 e. The van der Waals surface area contributed by atoms with Crippen LogP contribution in [0, 0.1) is 5.92 Å². The molecule has 1 rings (SSSR count). The van der Waals surface area contributed by atoms with Gasteiger partial charge in [-0.25, -0.2) is 0 Å². The van der Waals surface area contributed by atoms with Gasteiger partial charge in [-0.3, -0.25) is 4.79 Å². The smallest absolute Gasteiger partial charge is 0.230 e. The molecular weight excluding hydrogens is 248 g/mol. The Morgan fingerprint density at radius 3 is 2.83 bits per heavy atom. The zero-order valence-corrected chi connectivity index (χ0v) is 11.4. The van der Waals surface area contributed by atoms with E-state index in [2.05, 4.69) is 5.32 Å². The normalized spacial score (nSPS) is 11.7. The fraction of sp³-hybridized carbons (Fsp3) is 0.385. The van der Waals surface area contributed by atoms with E-state index in [1.54, 1.807) is 7.11 Å². The lowest BCUT2D eigenvalue weighted by atomic mass is 10.1. The van der Waals surface area contributed by atoms with E-state index in [9.17, 15) is 4.79 Å². The molecule has 0 radical (unpaired) electrons. The molecule has 1 aromatic carbocycles. The third-order valence-corrected chi connectivity index (χ3v) is 2.95. The number of methoxy groups -OCH3 is 1. The molecule has 98 valence electrons. The molecule has 18 heavy (non-hydrogen) atoms. The van der Waals surface area contributed by atoms with Crippen LogP contribution in [0.25, 0.3) is 0 Å². The summed E-state index contributed by atoms with van der Waals surface area (Å²) in [6.45, 7) is 2.32. The lowest BCUT2D eigenvalue weighted by molar-refractivity contribution is -0.123. The summed E-state index contributed by atoms with van der Waals surface area (Å²) in [6, 6.07) is 7.53. The van der Waals surface area contributed by atoms with Crippen molar-refractivity contribution in [1.82, 2.24) is 5.32 Å². The van der Waals surface area contributed by atoms with Crippen molar-refractivity contribution in [3.8, 4) is 5.75 Å². The van der Waals surface area contributed by atoms with E-state index in [0.29, 0.717) is 13.0 Å². The topological polar surface area (TPSA) is 64.3 Å². The zero-order chi connectivity index (χ0) is 13.5. The highest BCUT2D eigenvalue weighted by Gasteiger charge is 2.18. The summed E-state index contributed by atoms with van der Waals surface area (Å²) in [7, 11) is 1.61. The minimum atomic E-state index is -0.398. The molecule has 1 amide bonds. The molecule has 5 heteroatoms. The number of hydrogen-bond donors (Lipinski definition) is 2. The fourth-order valence-corrected chi connectivity index (χ4v) is 1.88. The number of carbonyl (C=O) groups excluding carboxylic acids is 1. The molecule has 1 aromatic rings. The van der Waals surface area contributed by atoms with Crippen LogP contribution in [0.3, 0.4) is 0 Å². The highest BCUT2D eigenvalue weighted by atomic mass is 32.1. The minimum Gasteiger partial charge on any atom is -0.497 e. The van der Waals surface area contributed by atoms with Crippen LogP contribution in [0.2, 0.25) is 0 Å². The molecule has 0 aromatic heterocycles. The summed E-state index contributed by atoms with van der Waals surface area (Å²) < 4.78 is 5.12. The molecule has 1 unspecified atom stereocenters. The number of hydrogen-bond acceptors (Lipinski definition) is 3. The molecule has 0 saturated heterocycles. The number of benzene rings is 1. The highest BCUT2D eigenvalue weighted by molar-refractivity contribution is 7.80. The number of nitrogens with one attached hydrogen (secondary N) is 1. The lowest BCUT2D eigenvalue weighted by Crippen LogP contribution is -2.37. The van der Waals surface area contributed by atoms with Gasteiger partial charge >= 0.3 is 0 Å². The Bertz CT molecular complexity index is 435.